The number of hydroxylamine groups is 1. The average molecular weight is 780 g/mol. The van der Waals surface area contributed by atoms with Gasteiger partial charge in [0, 0.05) is 43.7 Å². The lowest BCUT2D eigenvalue weighted by Gasteiger charge is -2.34. The van der Waals surface area contributed by atoms with Gasteiger partial charge in [0.05, 0.1) is 36.8 Å². The first kappa shape index (κ1) is 38.3. The van der Waals surface area contributed by atoms with E-state index >= 15 is 4.39 Å². The van der Waals surface area contributed by atoms with Crippen LogP contribution in [0.25, 0.3) is 11.3 Å². The van der Waals surface area contributed by atoms with Crippen molar-refractivity contribution in [3.8, 4) is 11.4 Å². The Kier molecular flexibility index (Phi) is 10.9. The number of rotatable bonds is 10. The third-order valence-electron chi connectivity index (χ3n) is 11.1. The molecule has 15 heteroatoms. The number of pyridine rings is 1. The number of urea groups is 1. The summed E-state index contributed by atoms with van der Waals surface area (Å²) >= 11 is 0. The zero-order valence-electron chi connectivity index (χ0n) is 32.9. The first-order valence-corrected chi connectivity index (χ1v) is 19.8. The van der Waals surface area contributed by atoms with E-state index in [1.54, 1.807) is 6.07 Å². The van der Waals surface area contributed by atoms with E-state index in [0.717, 1.165) is 65.8 Å². The Bertz CT molecular complexity index is 2230. The number of aromatic nitrogens is 5. The monoisotopic (exact) mass is 779 g/mol. The summed E-state index contributed by atoms with van der Waals surface area (Å²) < 4.78 is 30.9. The molecule has 14 nitrogen and oxygen atoms in total. The van der Waals surface area contributed by atoms with Crippen molar-refractivity contribution in [3.05, 3.63) is 95.1 Å². The van der Waals surface area contributed by atoms with Gasteiger partial charge in [-0.1, -0.05) is 45.0 Å². The van der Waals surface area contributed by atoms with Crippen LogP contribution in [-0.2, 0) is 26.3 Å². The van der Waals surface area contributed by atoms with Crippen molar-refractivity contribution >= 4 is 29.9 Å². The van der Waals surface area contributed by atoms with Gasteiger partial charge in [0.25, 0.3) is 0 Å². The lowest BCUT2D eigenvalue weighted by molar-refractivity contribution is -0.129. The summed E-state index contributed by atoms with van der Waals surface area (Å²) in [6, 6.07) is 17.4. The number of nitrogens with zero attached hydrogens (tertiary/aromatic N) is 8. The minimum Gasteiger partial charge on any atom is -0.484 e. The molecular formula is C42H50FN9O5. The highest BCUT2D eigenvalue weighted by Crippen LogP contribution is 2.40. The second-order valence-corrected chi connectivity index (χ2v) is 16.2. The zero-order chi connectivity index (χ0) is 39.7. The van der Waals surface area contributed by atoms with Crippen molar-refractivity contribution in [1.29, 1.82) is 0 Å². The molecule has 3 aliphatic rings. The molecule has 3 aromatic heterocycles. The Morgan fingerprint density at radius 3 is 2.58 bits per heavy atom. The van der Waals surface area contributed by atoms with Crippen LogP contribution in [0.3, 0.4) is 0 Å². The molecule has 8 rings (SSSR count). The third-order valence-corrected chi connectivity index (χ3v) is 11.1. The number of halogens is 1. The van der Waals surface area contributed by atoms with Gasteiger partial charge < -0.3 is 24.5 Å². The third kappa shape index (κ3) is 8.17. The van der Waals surface area contributed by atoms with Crippen molar-refractivity contribution in [1.82, 2.24) is 34.6 Å². The molecule has 2 aliphatic heterocycles. The number of amides is 2. The molecular weight excluding hydrogens is 730 g/mol. The number of ether oxygens (including phenoxy) is 2. The van der Waals surface area contributed by atoms with Gasteiger partial charge in [-0.05, 0) is 86.1 Å². The Hall–Kier alpha value is -5.54. The minimum atomic E-state index is -0.676. The first-order valence-electron chi connectivity index (χ1n) is 19.8. The van der Waals surface area contributed by atoms with E-state index < -0.39 is 23.3 Å². The topological polar surface area (TPSA) is 132 Å². The summed E-state index contributed by atoms with van der Waals surface area (Å²) in [5.41, 5.74) is 3.89. The van der Waals surface area contributed by atoms with Crippen molar-refractivity contribution < 1.29 is 28.3 Å². The van der Waals surface area contributed by atoms with Crippen LogP contribution in [0, 0.1) is 5.82 Å². The number of nitrogens with one attached hydrogen (secondary N) is 1. The minimum absolute atomic E-state index is 0.153. The highest BCUT2D eigenvalue weighted by atomic mass is 19.1. The Morgan fingerprint density at radius 1 is 1.00 bits per heavy atom. The van der Waals surface area contributed by atoms with Crippen LogP contribution in [-0.4, -0.2) is 80.7 Å². The van der Waals surface area contributed by atoms with Gasteiger partial charge in [-0.2, -0.15) is 5.10 Å². The van der Waals surface area contributed by atoms with Gasteiger partial charge in [0.2, 0.25) is 5.95 Å². The molecule has 2 saturated heterocycles. The number of hydrogen-bond acceptors (Lipinski definition) is 10. The molecule has 0 saturated carbocycles. The summed E-state index contributed by atoms with van der Waals surface area (Å²) in [5, 5.41) is 17.8. The van der Waals surface area contributed by atoms with E-state index in [-0.39, 0.29) is 18.4 Å². The quantitative estimate of drug-likeness (QED) is 0.119. The van der Waals surface area contributed by atoms with Crippen LogP contribution in [0.2, 0.25) is 0 Å². The summed E-state index contributed by atoms with van der Waals surface area (Å²) in [6.07, 6.45) is 6.28. The fourth-order valence-corrected chi connectivity index (χ4v) is 8.10. The van der Waals surface area contributed by atoms with E-state index in [2.05, 4.69) is 32.2 Å². The zero-order valence-corrected chi connectivity index (χ0v) is 32.9. The predicted octanol–water partition coefficient (Wildman–Crippen LogP) is 6.82. The maximum absolute atomic E-state index is 15.2. The molecule has 5 aromatic rings. The molecule has 0 spiro atoms. The average Bonchev–Trinajstić information content (AvgIpc) is 3.84. The number of carbonyl (C=O) groups excluding carboxylic acids is 2. The molecule has 0 radical (unpaired) electrons. The molecule has 2 fully saturated rings. The SMILES string of the molecule is C[C@H]1CCCCN1c1nnc2ccc(O[C@@H]3CC[C@H](NC(=O)N(OC=O)c4cc(C(C)(C)C)nn4-c4cc(F)cc(CN5CCOCC5)c4)c4ccccc43)cn12. The van der Waals surface area contributed by atoms with Crippen molar-refractivity contribution in [2.24, 2.45) is 0 Å². The fourth-order valence-electron chi connectivity index (χ4n) is 8.10. The van der Waals surface area contributed by atoms with Crippen LogP contribution in [0.15, 0.2) is 66.9 Å². The summed E-state index contributed by atoms with van der Waals surface area (Å²) in [5.74, 6) is 1.21. The van der Waals surface area contributed by atoms with E-state index in [4.69, 9.17) is 19.4 Å². The van der Waals surface area contributed by atoms with Crippen molar-refractivity contribution in [2.75, 3.05) is 42.8 Å². The Labute approximate surface area is 331 Å². The molecule has 5 heterocycles. The van der Waals surface area contributed by atoms with Crippen molar-refractivity contribution in [2.45, 2.75) is 89.9 Å². The molecule has 2 amide bonds. The van der Waals surface area contributed by atoms with Crippen LogP contribution >= 0.6 is 0 Å². The normalized spacial score (nSPS) is 20.2. The second kappa shape index (κ2) is 16.1. The van der Waals surface area contributed by atoms with Crippen LogP contribution in [0.1, 0.15) is 94.3 Å². The van der Waals surface area contributed by atoms with Crippen LogP contribution < -0.4 is 20.0 Å². The maximum Gasteiger partial charge on any atom is 0.357 e. The van der Waals surface area contributed by atoms with Gasteiger partial charge in [0.15, 0.2) is 11.5 Å². The molecule has 300 valence electrons. The second-order valence-electron chi connectivity index (χ2n) is 16.2. The molecule has 1 aliphatic carbocycles. The Morgan fingerprint density at radius 2 is 1.81 bits per heavy atom. The summed E-state index contributed by atoms with van der Waals surface area (Å²) in [7, 11) is 0. The number of benzene rings is 2. The van der Waals surface area contributed by atoms with Crippen molar-refractivity contribution in [3.63, 3.8) is 0 Å². The number of fused-ring (bicyclic) bond motifs is 2. The lowest BCUT2D eigenvalue weighted by atomic mass is 9.85. The van der Waals surface area contributed by atoms with Gasteiger partial charge in [-0.15, -0.1) is 15.3 Å². The fraction of sp³-hybridized carbons (Fsp3) is 0.452. The van der Waals surface area contributed by atoms with Crippen LogP contribution in [0.5, 0.6) is 5.75 Å². The van der Waals surface area contributed by atoms with E-state index in [1.807, 2.05) is 73.8 Å². The first-order chi connectivity index (χ1) is 27.6. The van der Waals surface area contributed by atoms with E-state index in [1.165, 1.54) is 23.2 Å². The number of hydrogen-bond donors (Lipinski definition) is 1. The maximum atomic E-state index is 15.2. The highest BCUT2D eigenvalue weighted by Gasteiger charge is 2.34. The van der Waals surface area contributed by atoms with Gasteiger partial charge in [0.1, 0.15) is 17.7 Å². The molecule has 57 heavy (non-hydrogen) atoms. The van der Waals surface area contributed by atoms with Gasteiger partial charge in [-0.25, -0.2) is 13.9 Å². The lowest BCUT2D eigenvalue weighted by Crippen LogP contribution is -2.43. The molecule has 1 N–H and O–H groups in total. The van der Waals surface area contributed by atoms with Crippen LogP contribution in [0.4, 0.5) is 21.0 Å². The van der Waals surface area contributed by atoms with E-state index in [0.29, 0.717) is 55.8 Å². The van der Waals surface area contributed by atoms with E-state index in [9.17, 15) is 9.59 Å². The molecule has 0 unspecified atom stereocenters. The number of piperidine rings is 1. The predicted molar refractivity (Wildman–Crippen MR) is 212 cm³/mol. The Balaban J connectivity index is 1.05. The smallest absolute Gasteiger partial charge is 0.357 e. The van der Waals surface area contributed by atoms with Gasteiger partial charge in [-0.3, -0.25) is 14.1 Å². The number of anilines is 2. The standard InChI is InChI=1S/C42H50FN9O5/c1-28-9-7-8-16-49(28)40-46-45-38-15-12-32(26-50(38)40)57-36-14-13-35(33-10-5-6-11-34(33)36)44-41(54)52(56-27-53)39-24-37(42(2,3)4)47-51(39)31-22-29(21-30(43)23-31)25-48-17-19-55-20-18-48/h5-6,10-12,15,21-24,26-28,35-36H,7-9,13-14,16-20,25H2,1-4H3,(H,44,54)/t28-,35-,36+/m0/s1. The summed E-state index contributed by atoms with van der Waals surface area (Å²) in [6.45, 7) is 12.6. The van der Waals surface area contributed by atoms with Gasteiger partial charge >= 0.3 is 12.5 Å². The largest absolute Gasteiger partial charge is 0.484 e. The molecule has 0 bridgehead atoms. The molecule has 3 atom stereocenters. The summed E-state index contributed by atoms with van der Waals surface area (Å²) in [4.78, 5) is 36.2. The number of carbonyl (C=O) groups is 2. The highest BCUT2D eigenvalue weighted by molar-refractivity contribution is 5.90. The molecule has 2 aromatic carbocycles. The number of morpholine rings is 1.